The number of benzene rings is 2. The lowest BCUT2D eigenvalue weighted by Gasteiger charge is -2.08. The highest BCUT2D eigenvalue weighted by atomic mass is 15.1. The van der Waals surface area contributed by atoms with Crippen molar-refractivity contribution in [3.63, 3.8) is 0 Å². The van der Waals surface area contributed by atoms with Crippen LogP contribution >= 0.6 is 0 Å². The molecule has 0 fully saturated rings. The van der Waals surface area contributed by atoms with Crippen molar-refractivity contribution in [1.29, 1.82) is 0 Å². The van der Waals surface area contributed by atoms with Gasteiger partial charge in [-0.25, -0.2) is 4.57 Å². The molecule has 4 aromatic rings. The predicted molar refractivity (Wildman–Crippen MR) is 101 cm³/mol. The average molecular weight is 315 g/mol. The number of aryl methyl sites for hydroxylation is 4. The standard InChI is InChI=1S/C22H23N2/c1-14-10-17(4)23(5)22(11-14)24-20-9-7-6-8-18(20)19-12-15(2)16(3)13-21(19)24/h6-13H,1-5H3/q+1. The lowest BCUT2D eigenvalue weighted by Crippen LogP contribution is -2.37. The predicted octanol–water partition coefficient (Wildman–Crippen LogP) is 4.84. The molecule has 2 nitrogen and oxygen atoms in total. The van der Waals surface area contributed by atoms with Crippen molar-refractivity contribution in [3.05, 3.63) is 70.9 Å². The molecule has 120 valence electrons. The van der Waals surface area contributed by atoms with Gasteiger partial charge in [0.2, 0.25) is 0 Å². The van der Waals surface area contributed by atoms with Crippen molar-refractivity contribution in [3.8, 4) is 5.82 Å². The Hall–Kier alpha value is -2.61. The Morgan fingerprint density at radius 2 is 1.46 bits per heavy atom. The van der Waals surface area contributed by atoms with Gasteiger partial charge in [0.15, 0.2) is 0 Å². The third-order valence-electron chi connectivity index (χ3n) is 5.18. The van der Waals surface area contributed by atoms with Crippen LogP contribution in [-0.2, 0) is 7.05 Å². The van der Waals surface area contributed by atoms with Crippen molar-refractivity contribution in [2.45, 2.75) is 27.7 Å². The molecule has 2 aromatic heterocycles. The molecule has 0 bridgehead atoms. The second kappa shape index (κ2) is 5.20. The van der Waals surface area contributed by atoms with E-state index in [0.29, 0.717) is 0 Å². The molecule has 0 spiro atoms. The van der Waals surface area contributed by atoms with E-state index < -0.39 is 0 Å². The van der Waals surface area contributed by atoms with Crippen LogP contribution in [0.5, 0.6) is 0 Å². The fourth-order valence-electron chi connectivity index (χ4n) is 3.64. The van der Waals surface area contributed by atoms with Crippen LogP contribution in [-0.4, -0.2) is 4.57 Å². The molecule has 0 aliphatic rings. The molecule has 4 rings (SSSR count). The van der Waals surface area contributed by atoms with E-state index in [1.807, 2.05) is 0 Å². The first kappa shape index (κ1) is 14.9. The number of nitrogens with zero attached hydrogens (tertiary/aromatic N) is 2. The number of aromatic nitrogens is 2. The molecule has 0 N–H and O–H groups in total. The third-order valence-corrected chi connectivity index (χ3v) is 5.18. The van der Waals surface area contributed by atoms with Crippen molar-refractivity contribution in [2.75, 3.05) is 0 Å². The zero-order valence-electron chi connectivity index (χ0n) is 15.0. The Morgan fingerprint density at radius 3 is 2.25 bits per heavy atom. The smallest absolute Gasteiger partial charge is 0.234 e. The van der Waals surface area contributed by atoms with Gasteiger partial charge in [-0.1, -0.05) is 12.1 Å². The van der Waals surface area contributed by atoms with E-state index >= 15 is 0 Å². The molecule has 0 saturated carbocycles. The van der Waals surface area contributed by atoms with Crippen LogP contribution in [0, 0.1) is 27.7 Å². The number of para-hydroxylation sites is 1. The minimum absolute atomic E-state index is 1.21. The summed E-state index contributed by atoms with van der Waals surface area (Å²) in [7, 11) is 2.14. The molecule has 2 heteroatoms. The molecule has 24 heavy (non-hydrogen) atoms. The van der Waals surface area contributed by atoms with Gasteiger partial charge in [-0.3, -0.25) is 0 Å². The van der Waals surface area contributed by atoms with Gasteiger partial charge in [0.25, 0.3) is 5.82 Å². The number of hydrogen-bond donors (Lipinski definition) is 0. The van der Waals surface area contributed by atoms with Gasteiger partial charge in [-0.15, -0.1) is 0 Å². The largest absolute Gasteiger partial charge is 0.287 e. The van der Waals surface area contributed by atoms with E-state index in [9.17, 15) is 0 Å². The molecule has 2 aromatic carbocycles. The Balaban J connectivity index is 2.24. The lowest BCUT2D eigenvalue weighted by atomic mass is 10.1. The van der Waals surface area contributed by atoms with Gasteiger partial charge in [-0.05, 0) is 74.7 Å². The highest BCUT2D eigenvalue weighted by Gasteiger charge is 2.22. The summed E-state index contributed by atoms with van der Waals surface area (Å²) in [6, 6.07) is 17.8. The summed E-state index contributed by atoms with van der Waals surface area (Å²) in [4.78, 5) is 0. The quantitative estimate of drug-likeness (QED) is 0.444. The maximum absolute atomic E-state index is 2.40. The zero-order chi connectivity index (χ0) is 17.0. The monoisotopic (exact) mass is 315 g/mol. The van der Waals surface area contributed by atoms with Crippen LogP contribution in [0.2, 0.25) is 0 Å². The Morgan fingerprint density at radius 1 is 0.750 bits per heavy atom. The van der Waals surface area contributed by atoms with Gasteiger partial charge in [0.05, 0.1) is 7.05 Å². The molecular formula is C22H23N2+. The van der Waals surface area contributed by atoms with E-state index in [1.165, 1.54) is 50.0 Å². The molecular weight excluding hydrogens is 292 g/mol. The molecule has 0 aliphatic carbocycles. The summed E-state index contributed by atoms with van der Waals surface area (Å²) >= 11 is 0. The third kappa shape index (κ3) is 2.06. The second-order valence-electron chi connectivity index (χ2n) is 6.90. The molecule has 0 unspecified atom stereocenters. The first-order valence-corrected chi connectivity index (χ1v) is 8.45. The van der Waals surface area contributed by atoms with Crippen LogP contribution in [0.25, 0.3) is 27.6 Å². The fourth-order valence-corrected chi connectivity index (χ4v) is 3.64. The van der Waals surface area contributed by atoms with E-state index in [1.54, 1.807) is 0 Å². The normalized spacial score (nSPS) is 11.5. The van der Waals surface area contributed by atoms with E-state index in [-0.39, 0.29) is 0 Å². The van der Waals surface area contributed by atoms with Crippen molar-refractivity contribution < 1.29 is 4.57 Å². The maximum Gasteiger partial charge on any atom is 0.287 e. The Kier molecular flexibility index (Phi) is 3.24. The van der Waals surface area contributed by atoms with Gasteiger partial charge >= 0.3 is 0 Å². The summed E-state index contributed by atoms with van der Waals surface area (Å²) in [6.07, 6.45) is 0. The van der Waals surface area contributed by atoms with Crippen LogP contribution in [0.15, 0.2) is 48.5 Å². The van der Waals surface area contributed by atoms with Crippen LogP contribution in [0.1, 0.15) is 22.4 Å². The minimum Gasteiger partial charge on any atom is -0.234 e. The zero-order valence-corrected chi connectivity index (χ0v) is 15.0. The van der Waals surface area contributed by atoms with Crippen molar-refractivity contribution >= 4 is 21.8 Å². The molecule has 0 amide bonds. The second-order valence-corrected chi connectivity index (χ2v) is 6.90. The van der Waals surface area contributed by atoms with E-state index in [2.05, 4.69) is 92.4 Å². The Bertz CT molecular complexity index is 1100. The minimum atomic E-state index is 1.21. The van der Waals surface area contributed by atoms with Gasteiger partial charge in [0, 0.05) is 16.8 Å². The summed E-state index contributed by atoms with van der Waals surface area (Å²) in [5.41, 5.74) is 7.77. The average Bonchev–Trinajstić information content (AvgIpc) is 2.85. The van der Waals surface area contributed by atoms with E-state index in [0.717, 1.165) is 0 Å². The SMILES string of the molecule is Cc1cc(C)[n+](C)c(-n2c3ccccc3c3cc(C)c(C)cc32)c1. The summed E-state index contributed by atoms with van der Waals surface area (Å²) in [5.74, 6) is 1.21. The number of rotatable bonds is 1. The number of hydrogen-bond acceptors (Lipinski definition) is 0. The highest BCUT2D eigenvalue weighted by molar-refractivity contribution is 6.09. The van der Waals surface area contributed by atoms with Crippen molar-refractivity contribution in [2.24, 2.45) is 7.05 Å². The summed E-state index contributed by atoms with van der Waals surface area (Å²) in [5, 5.41) is 2.64. The number of pyridine rings is 1. The van der Waals surface area contributed by atoms with Crippen LogP contribution in [0.3, 0.4) is 0 Å². The molecule has 2 heterocycles. The first-order valence-electron chi connectivity index (χ1n) is 8.45. The number of fused-ring (bicyclic) bond motifs is 3. The topological polar surface area (TPSA) is 8.81 Å². The van der Waals surface area contributed by atoms with Crippen LogP contribution in [0.4, 0.5) is 0 Å². The summed E-state index contributed by atoms with van der Waals surface area (Å²) < 4.78 is 4.67. The lowest BCUT2D eigenvalue weighted by molar-refractivity contribution is -0.671. The van der Waals surface area contributed by atoms with Crippen LogP contribution < -0.4 is 4.57 Å². The fraction of sp³-hybridized carbons (Fsp3) is 0.227. The Labute approximate surface area is 143 Å². The molecule has 0 aliphatic heterocycles. The summed E-state index contributed by atoms with van der Waals surface area (Å²) in [6.45, 7) is 8.72. The first-order chi connectivity index (χ1) is 11.5. The molecule has 0 radical (unpaired) electrons. The molecule has 0 saturated heterocycles. The van der Waals surface area contributed by atoms with Gasteiger partial charge in [0.1, 0.15) is 16.7 Å². The molecule has 0 atom stereocenters. The van der Waals surface area contributed by atoms with E-state index in [4.69, 9.17) is 0 Å². The van der Waals surface area contributed by atoms with Gasteiger partial charge < -0.3 is 0 Å². The highest BCUT2D eigenvalue weighted by Crippen LogP contribution is 2.33. The van der Waals surface area contributed by atoms with Crippen molar-refractivity contribution in [1.82, 2.24) is 4.57 Å². The van der Waals surface area contributed by atoms with Gasteiger partial charge in [-0.2, -0.15) is 4.57 Å². The maximum atomic E-state index is 2.40.